The monoisotopic (exact) mass is 220 g/mol. The van der Waals surface area contributed by atoms with E-state index in [-0.39, 0.29) is 12.2 Å². The second-order valence-corrected chi connectivity index (χ2v) is 4.91. The summed E-state index contributed by atoms with van der Waals surface area (Å²) >= 11 is 0. The Bertz CT molecular complexity index is 366. The summed E-state index contributed by atoms with van der Waals surface area (Å²) < 4.78 is 6.96. The van der Waals surface area contributed by atoms with Gasteiger partial charge in [0.15, 0.2) is 0 Å². The van der Waals surface area contributed by atoms with Gasteiger partial charge in [-0.2, -0.15) is 0 Å². The van der Waals surface area contributed by atoms with E-state index in [0.29, 0.717) is 5.92 Å². The van der Waals surface area contributed by atoms with Gasteiger partial charge in [0.05, 0.1) is 0 Å². The van der Waals surface area contributed by atoms with Gasteiger partial charge in [0, 0.05) is 12.4 Å². The van der Waals surface area contributed by atoms with Crippen LogP contribution in [-0.4, -0.2) is 21.7 Å². The molecule has 0 N–H and O–H groups in total. The lowest BCUT2D eigenvalue weighted by Crippen LogP contribution is -2.38. The second kappa shape index (κ2) is 3.92. The van der Waals surface area contributed by atoms with Gasteiger partial charge in [0.2, 0.25) is 0 Å². The van der Waals surface area contributed by atoms with Crippen LogP contribution in [0.5, 0.6) is 0 Å². The number of hydrogen-bond donors (Lipinski definition) is 0. The normalized spacial score (nSPS) is 32.6. The fraction of sp³-hybridized carbons (Fsp3) is 0.667. The van der Waals surface area contributed by atoms with E-state index >= 15 is 0 Å². The molecule has 0 aliphatic heterocycles. The third-order valence-electron chi connectivity index (χ3n) is 3.95. The number of hydrogen-bond acceptors (Lipinski definition) is 3. The summed E-state index contributed by atoms with van der Waals surface area (Å²) in [4.78, 5) is 15.6. The summed E-state index contributed by atoms with van der Waals surface area (Å²) in [6.07, 6.45) is 10.7. The minimum absolute atomic E-state index is 0.141. The molecule has 1 aromatic rings. The summed E-state index contributed by atoms with van der Waals surface area (Å²) in [6, 6.07) is 0. The van der Waals surface area contributed by atoms with Crippen molar-refractivity contribution in [2.24, 2.45) is 11.8 Å². The van der Waals surface area contributed by atoms with Crippen LogP contribution in [-0.2, 0) is 4.74 Å². The van der Waals surface area contributed by atoms with E-state index in [0.717, 1.165) is 12.3 Å². The van der Waals surface area contributed by atoms with E-state index in [2.05, 4.69) is 4.98 Å². The number of rotatable bonds is 1. The first-order valence-corrected chi connectivity index (χ1v) is 6.02. The first kappa shape index (κ1) is 9.87. The fourth-order valence-corrected chi connectivity index (χ4v) is 3.02. The highest BCUT2D eigenvalue weighted by Gasteiger charge is 2.37. The molecule has 0 saturated heterocycles. The van der Waals surface area contributed by atoms with E-state index < -0.39 is 0 Å². The number of carbonyl (C=O) groups excluding carboxylic acids is 1. The van der Waals surface area contributed by atoms with Gasteiger partial charge < -0.3 is 4.74 Å². The molecule has 0 radical (unpaired) electrons. The average Bonchev–Trinajstić information content (AvgIpc) is 2.84. The highest BCUT2D eigenvalue weighted by atomic mass is 16.6. The number of aromatic nitrogens is 2. The number of ether oxygens (including phenoxy) is 1. The lowest BCUT2D eigenvalue weighted by Gasteiger charge is -2.41. The zero-order valence-corrected chi connectivity index (χ0v) is 9.21. The third-order valence-corrected chi connectivity index (χ3v) is 3.95. The van der Waals surface area contributed by atoms with Crippen molar-refractivity contribution < 1.29 is 9.53 Å². The van der Waals surface area contributed by atoms with E-state index in [9.17, 15) is 4.79 Å². The number of imidazole rings is 1. The van der Waals surface area contributed by atoms with Crippen molar-refractivity contribution in [3.63, 3.8) is 0 Å². The van der Waals surface area contributed by atoms with Crippen LogP contribution >= 0.6 is 0 Å². The quantitative estimate of drug-likeness (QED) is 0.730. The smallest absolute Gasteiger partial charge is 0.419 e. The molecule has 0 aromatic carbocycles. The Morgan fingerprint density at radius 2 is 2.12 bits per heavy atom. The van der Waals surface area contributed by atoms with Crippen LogP contribution < -0.4 is 0 Å². The van der Waals surface area contributed by atoms with Crippen LogP contribution in [0.15, 0.2) is 18.7 Å². The molecule has 2 bridgehead atoms. The van der Waals surface area contributed by atoms with Crippen molar-refractivity contribution >= 4 is 6.09 Å². The predicted molar refractivity (Wildman–Crippen MR) is 58.0 cm³/mol. The molecule has 3 saturated carbocycles. The highest BCUT2D eigenvalue weighted by molar-refractivity contribution is 5.70. The van der Waals surface area contributed by atoms with Gasteiger partial charge in [-0.05, 0) is 43.9 Å². The zero-order chi connectivity index (χ0) is 11.0. The molecule has 1 atom stereocenters. The first-order valence-electron chi connectivity index (χ1n) is 6.02. The summed E-state index contributed by atoms with van der Waals surface area (Å²) in [5.41, 5.74) is 0. The molecule has 0 amide bonds. The molecule has 4 heteroatoms. The van der Waals surface area contributed by atoms with Crippen molar-refractivity contribution in [1.82, 2.24) is 9.55 Å². The van der Waals surface area contributed by atoms with Gasteiger partial charge in [-0.3, -0.25) is 0 Å². The summed E-state index contributed by atoms with van der Waals surface area (Å²) in [5.74, 6) is 1.38. The molecule has 4 rings (SSSR count). The maximum atomic E-state index is 11.8. The van der Waals surface area contributed by atoms with Crippen molar-refractivity contribution in [1.29, 1.82) is 0 Å². The van der Waals surface area contributed by atoms with Gasteiger partial charge in [-0.1, -0.05) is 0 Å². The third kappa shape index (κ3) is 1.72. The molecule has 3 fully saturated rings. The zero-order valence-electron chi connectivity index (χ0n) is 9.21. The maximum absolute atomic E-state index is 11.8. The Morgan fingerprint density at radius 1 is 1.31 bits per heavy atom. The van der Waals surface area contributed by atoms with Crippen LogP contribution in [0.2, 0.25) is 0 Å². The SMILES string of the molecule is O=C(O[C@H]1CC2CCC1CC2)n1ccnc1. The van der Waals surface area contributed by atoms with Gasteiger partial charge in [0.25, 0.3) is 0 Å². The van der Waals surface area contributed by atoms with E-state index in [1.807, 2.05) is 0 Å². The molecule has 4 nitrogen and oxygen atoms in total. The number of fused-ring (bicyclic) bond motifs is 3. The Hall–Kier alpha value is -1.32. The molecule has 1 heterocycles. The second-order valence-electron chi connectivity index (χ2n) is 4.91. The van der Waals surface area contributed by atoms with Crippen LogP contribution in [0.25, 0.3) is 0 Å². The average molecular weight is 220 g/mol. The van der Waals surface area contributed by atoms with Gasteiger partial charge >= 0.3 is 6.09 Å². The minimum Gasteiger partial charge on any atom is -0.445 e. The molecule has 16 heavy (non-hydrogen) atoms. The molecule has 3 aliphatic carbocycles. The molecule has 1 aromatic heterocycles. The highest BCUT2D eigenvalue weighted by Crippen LogP contribution is 2.42. The van der Waals surface area contributed by atoms with E-state index in [1.165, 1.54) is 36.6 Å². The summed E-state index contributed by atoms with van der Waals surface area (Å²) in [7, 11) is 0. The van der Waals surface area contributed by atoms with E-state index in [4.69, 9.17) is 4.74 Å². The molecule has 0 unspecified atom stereocenters. The lowest BCUT2D eigenvalue weighted by molar-refractivity contribution is -0.0123. The van der Waals surface area contributed by atoms with Crippen molar-refractivity contribution in [2.75, 3.05) is 0 Å². The fourth-order valence-electron chi connectivity index (χ4n) is 3.02. The molecular weight excluding hydrogens is 204 g/mol. The van der Waals surface area contributed by atoms with Crippen molar-refractivity contribution in [2.45, 2.75) is 38.2 Å². The molecule has 86 valence electrons. The number of nitrogens with zero attached hydrogens (tertiary/aromatic N) is 2. The van der Waals surface area contributed by atoms with Crippen molar-refractivity contribution in [3.8, 4) is 0 Å². The molecular formula is C12H16N2O2. The van der Waals surface area contributed by atoms with Crippen LogP contribution in [0.1, 0.15) is 32.1 Å². The van der Waals surface area contributed by atoms with Gasteiger partial charge in [-0.25, -0.2) is 14.3 Å². The van der Waals surface area contributed by atoms with Crippen LogP contribution in [0.4, 0.5) is 4.79 Å². The first-order chi connectivity index (χ1) is 7.83. The molecule has 0 spiro atoms. The topological polar surface area (TPSA) is 44.1 Å². The summed E-state index contributed by atoms with van der Waals surface area (Å²) in [6.45, 7) is 0. The summed E-state index contributed by atoms with van der Waals surface area (Å²) in [5, 5.41) is 0. The Labute approximate surface area is 94.6 Å². The Kier molecular flexibility index (Phi) is 2.42. The van der Waals surface area contributed by atoms with Crippen LogP contribution in [0, 0.1) is 11.8 Å². The minimum atomic E-state index is -0.282. The van der Waals surface area contributed by atoms with Gasteiger partial charge in [0.1, 0.15) is 12.4 Å². The largest absolute Gasteiger partial charge is 0.445 e. The van der Waals surface area contributed by atoms with Crippen LogP contribution in [0.3, 0.4) is 0 Å². The standard InChI is InChI=1S/C12H16N2O2/c15-12(14-6-5-13-8-14)16-11-7-9-1-3-10(11)4-2-9/h5-6,8-11H,1-4,7H2/t9?,10?,11-/m0/s1. The van der Waals surface area contributed by atoms with Crippen molar-refractivity contribution in [3.05, 3.63) is 18.7 Å². The van der Waals surface area contributed by atoms with Gasteiger partial charge in [-0.15, -0.1) is 0 Å². The Balaban J connectivity index is 1.65. The lowest BCUT2D eigenvalue weighted by atomic mass is 9.69. The maximum Gasteiger partial charge on any atom is 0.419 e. The molecule has 3 aliphatic rings. The van der Waals surface area contributed by atoms with E-state index in [1.54, 1.807) is 12.4 Å². The Morgan fingerprint density at radius 3 is 2.69 bits per heavy atom. The predicted octanol–water partition coefficient (Wildman–Crippen LogP) is 2.45. The number of carbonyl (C=O) groups is 1.